The third-order valence-electron chi connectivity index (χ3n) is 9.78. The first kappa shape index (κ1) is 32.6. The number of aromatic nitrogens is 4. The number of aromatic amines is 2. The predicted octanol–water partition coefficient (Wildman–Crippen LogP) is 9.32. The Bertz CT molecular complexity index is 2220. The number of carbonyl (C=O) groups excluding carboxylic acids is 2. The standard InChI is InChI=1S/C41H42N6O4/c1-41(2,3)51-40(49)47-20-8-12-36(47)38-43-32-18-17-30(23-33(32)44-38)28-13-14-29-22-31(16-15-27(29)21-28)34-24-42-37(45-34)35-11-7-19-46(35)39(48)50-25-26-9-5-4-6-10-26/h4-6,9-10,13-18,21-24,35-36H,7-8,11-12,19-20,25H2,1-3H3,(H,42,45)(H,43,44)/t35-,36-/m0/s1. The summed E-state index contributed by atoms with van der Waals surface area (Å²) in [6.45, 7) is 7.22. The summed E-state index contributed by atoms with van der Waals surface area (Å²) >= 11 is 0. The molecular formula is C41H42N6O4. The van der Waals surface area contributed by atoms with Gasteiger partial charge in [0, 0.05) is 18.7 Å². The topological polar surface area (TPSA) is 116 Å². The number of ether oxygens (including phenoxy) is 2. The summed E-state index contributed by atoms with van der Waals surface area (Å²) in [7, 11) is 0. The first-order chi connectivity index (χ1) is 24.7. The summed E-state index contributed by atoms with van der Waals surface area (Å²) in [6, 6.07) is 28.6. The SMILES string of the molecule is CC(C)(C)OC(=O)N1CCC[C@H]1c1nc2ccc(-c3ccc4cc(-c5cnc([C@@H]6CCCN6C(=O)OCc6ccccc6)[nH]5)ccc4c3)cc2[nH]1. The van der Waals surface area contributed by atoms with Gasteiger partial charge in [0.25, 0.3) is 0 Å². The first-order valence-electron chi connectivity index (χ1n) is 17.7. The zero-order valence-corrected chi connectivity index (χ0v) is 29.2. The van der Waals surface area contributed by atoms with E-state index in [-0.39, 0.29) is 30.9 Å². The summed E-state index contributed by atoms with van der Waals surface area (Å²) in [4.78, 5) is 46.0. The molecule has 2 atom stereocenters. The van der Waals surface area contributed by atoms with Gasteiger partial charge >= 0.3 is 12.2 Å². The number of fused-ring (bicyclic) bond motifs is 2. The van der Waals surface area contributed by atoms with Crippen molar-refractivity contribution < 1.29 is 19.1 Å². The largest absolute Gasteiger partial charge is 0.445 e. The van der Waals surface area contributed by atoms with Gasteiger partial charge in [0.05, 0.1) is 35.0 Å². The Morgan fingerprint density at radius 1 is 0.765 bits per heavy atom. The molecule has 0 radical (unpaired) electrons. The number of carbonyl (C=O) groups is 2. The number of amides is 2. The van der Waals surface area contributed by atoms with Crippen LogP contribution in [0.5, 0.6) is 0 Å². The average Bonchev–Trinajstić information content (AvgIpc) is 3.95. The van der Waals surface area contributed by atoms with E-state index in [0.717, 1.165) is 87.1 Å². The fraction of sp³-hybridized carbons (Fsp3) is 0.317. The van der Waals surface area contributed by atoms with Crippen molar-refractivity contribution in [1.29, 1.82) is 0 Å². The molecule has 0 unspecified atom stereocenters. The van der Waals surface area contributed by atoms with Gasteiger partial charge in [0.2, 0.25) is 0 Å². The van der Waals surface area contributed by atoms with E-state index in [1.54, 1.807) is 9.80 Å². The van der Waals surface area contributed by atoms with E-state index in [9.17, 15) is 9.59 Å². The second-order valence-electron chi connectivity index (χ2n) is 14.5. The van der Waals surface area contributed by atoms with Crippen LogP contribution >= 0.6 is 0 Å². The average molecular weight is 683 g/mol. The highest BCUT2D eigenvalue weighted by Gasteiger charge is 2.35. The molecule has 2 saturated heterocycles. The molecule has 2 aliphatic heterocycles. The summed E-state index contributed by atoms with van der Waals surface area (Å²) in [5.41, 5.74) is 6.36. The summed E-state index contributed by atoms with van der Waals surface area (Å²) in [5.74, 6) is 1.57. The first-order valence-corrected chi connectivity index (χ1v) is 17.7. The summed E-state index contributed by atoms with van der Waals surface area (Å²) in [6.07, 6.45) is 4.75. The Labute approximate surface area is 296 Å². The second-order valence-corrected chi connectivity index (χ2v) is 14.5. The van der Waals surface area contributed by atoms with Crippen molar-refractivity contribution >= 4 is 34.0 Å². The van der Waals surface area contributed by atoms with E-state index < -0.39 is 5.60 Å². The van der Waals surface area contributed by atoms with E-state index in [1.165, 1.54) is 0 Å². The second kappa shape index (κ2) is 13.2. The Kier molecular flexibility index (Phi) is 8.45. The van der Waals surface area contributed by atoms with Crippen molar-refractivity contribution in [3.05, 3.63) is 108 Å². The zero-order valence-electron chi connectivity index (χ0n) is 29.2. The van der Waals surface area contributed by atoms with E-state index in [0.29, 0.717) is 13.1 Å². The molecule has 4 heterocycles. The molecule has 2 aromatic heterocycles. The molecule has 10 nitrogen and oxygen atoms in total. The van der Waals surface area contributed by atoms with E-state index in [1.807, 2.05) is 63.4 Å². The third kappa shape index (κ3) is 6.78. The van der Waals surface area contributed by atoms with Crippen molar-refractivity contribution in [2.24, 2.45) is 0 Å². The number of H-pyrrole nitrogens is 2. The van der Waals surface area contributed by atoms with Crippen LogP contribution in [0.15, 0.2) is 91.1 Å². The van der Waals surface area contributed by atoms with E-state index in [4.69, 9.17) is 19.4 Å². The van der Waals surface area contributed by atoms with Gasteiger partial charge in [-0.2, -0.15) is 0 Å². The lowest BCUT2D eigenvalue weighted by atomic mass is 9.99. The van der Waals surface area contributed by atoms with Gasteiger partial charge in [-0.1, -0.05) is 60.7 Å². The van der Waals surface area contributed by atoms with Gasteiger partial charge in [-0.15, -0.1) is 0 Å². The molecule has 0 saturated carbocycles. The van der Waals surface area contributed by atoms with Crippen LogP contribution in [-0.4, -0.2) is 60.6 Å². The molecule has 4 aromatic carbocycles. The Morgan fingerprint density at radius 2 is 1.41 bits per heavy atom. The smallest absolute Gasteiger partial charge is 0.410 e. The van der Waals surface area contributed by atoms with Crippen LogP contribution in [0.25, 0.3) is 44.2 Å². The van der Waals surface area contributed by atoms with Crippen molar-refractivity contribution in [3.8, 4) is 22.4 Å². The Balaban J connectivity index is 0.971. The zero-order chi connectivity index (χ0) is 35.1. The number of benzene rings is 4. The highest BCUT2D eigenvalue weighted by molar-refractivity contribution is 5.92. The molecule has 0 spiro atoms. The minimum Gasteiger partial charge on any atom is -0.445 e. The van der Waals surface area contributed by atoms with Crippen LogP contribution in [0.1, 0.15) is 75.8 Å². The molecule has 0 bridgehead atoms. The normalized spacial score (nSPS) is 17.8. The number of rotatable bonds is 6. The van der Waals surface area contributed by atoms with Gasteiger partial charge in [-0.3, -0.25) is 9.80 Å². The maximum absolute atomic E-state index is 13.0. The lowest BCUT2D eigenvalue weighted by Crippen LogP contribution is -2.36. The molecular weight excluding hydrogens is 640 g/mol. The molecule has 8 rings (SSSR count). The van der Waals surface area contributed by atoms with Gasteiger partial charge in [-0.05, 0) is 98.2 Å². The van der Waals surface area contributed by atoms with Crippen LogP contribution in [0.2, 0.25) is 0 Å². The maximum Gasteiger partial charge on any atom is 0.410 e. The number of nitrogens with one attached hydrogen (secondary N) is 2. The van der Waals surface area contributed by atoms with Crippen LogP contribution in [0, 0.1) is 0 Å². The number of imidazole rings is 2. The molecule has 260 valence electrons. The number of nitrogens with zero attached hydrogens (tertiary/aromatic N) is 4. The van der Waals surface area contributed by atoms with E-state index in [2.05, 4.69) is 58.5 Å². The number of likely N-dealkylation sites (tertiary alicyclic amines) is 2. The lowest BCUT2D eigenvalue weighted by molar-refractivity contribution is 0.0219. The molecule has 2 fully saturated rings. The summed E-state index contributed by atoms with van der Waals surface area (Å²) < 4.78 is 11.3. The molecule has 0 aliphatic carbocycles. The van der Waals surface area contributed by atoms with Crippen LogP contribution < -0.4 is 0 Å². The molecule has 2 N–H and O–H groups in total. The number of hydrogen-bond donors (Lipinski definition) is 2. The van der Waals surface area contributed by atoms with Gasteiger partial charge in [0.1, 0.15) is 23.9 Å². The van der Waals surface area contributed by atoms with Crippen molar-refractivity contribution in [2.45, 2.75) is 70.7 Å². The highest BCUT2D eigenvalue weighted by atomic mass is 16.6. The monoisotopic (exact) mass is 682 g/mol. The predicted molar refractivity (Wildman–Crippen MR) is 197 cm³/mol. The minimum absolute atomic E-state index is 0.130. The van der Waals surface area contributed by atoms with Crippen LogP contribution in [-0.2, 0) is 16.1 Å². The maximum atomic E-state index is 13.0. The van der Waals surface area contributed by atoms with Crippen LogP contribution in [0.3, 0.4) is 0 Å². The van der Waals surface area contributed by atoms with Gasteiger partial charge in [0.15, 0.2) is 0 Å². The van der Waals surface area contributed by atoms with Crippen LogP contribution in [0.4, 0.5) is 9.59 Å². The number of hydrogen-bond acceptors (Lipinski definition) is 6. The fourth-order valence-corrected chi connectivity index (χ4v) is 7.27. The molecule has 10 heteroatoms. The molecule has 2 aliphatic rings. The molecule has 2 amide bonds. The fourth-order valence-electron chi connectivity index (χ4n) is 7.27. The van der Waals surface area contributed by atoms with Gasteiger partial charge in [-0.25, -0.2) is 19.6 Å². The van der Waals surface area contributed by atoms with E-state index >= 15 is 0 Å². The quantitative estimate of drug-likeness (QED) is 0.181. The minimum atomic E-state index is -0.545. The molecule has 51 heavy (non-hydrogen) atoms. The Hall–Kier alpha value is -5.64. The lowest BCUT2D eigenvalue weighted by Gasteiger charge is -2.27. The Morgan fingerprint density at radius 3 is 2.16 bits per heavy atom. The van der Waals surface area contributed by atoms with Crippen molar-refractivity contribution in [2.75, 3.05) is 13.1 Å². The third-order valence-corrected chi connectivity index (χ3v) is 9.78. The van der Waals surface area contributed by atoms with Gasteiger partial charge < -0.3 is 19.4 Å². The molecule has 6 aromatic rings. The van der Waals surface area contributed by atoms with Crippen molar-refractivity contribution in [1.82, 2.24) is 29.7 Å². The van der Waals surface area contributed by atoms with Crippen molar-refractivity contribution in [3.63, 3.8) is 0 Å². The highest BCUT2D eigenvalue weighted by Crippen LogP contribution is 2.36. The summed E-state index contributed by atoms with van der Waals surface area (Å²) in [5, 5.41) is 2.25.